The van der Waals surface area contributed by atoms with Crippen LogP contribution in [0, 0.1) is 0 Å². The molecule has 2 amide bonds. The van der Waals surface area contributed by atoms with Crippen molar-refractivity contribution >= 4 is 35.1 Å². The van der Waals surface area contributed by atoms with Crippen LogP contribution in [0.25, 0.3) is 0 Å². The van der Waals surface area contributed by atoms with E-state index in [0.29, 0.717) is 60.8 Å². The number of ether oxygens (including phenoxy) is 4. The number of carbonyl (C=O) groups excluding carboxylic acids is 2. The van der Waals surface area contributed by atoms with Crippen molar-refractivity contribution in [3.63, 3.8) is 0 Å². The minimum absolute atomic E-state index is 0.0896. The predicted molar refractivity (Wildman–Crippen MR) is 120 cm³/mol. The molecule has 2 aromatic rings. The largest absolute Gasteiger partial charge is 0.493 e. The molecule has 2 aliphatic rings. The van der Waals surface area contributed by atoms with Crippen LogP contribution in [0.2, 0.25) is 0 Å². The highest BCUT2D eigenvalue weighted by molar-refractivity contribution is 6.05. The molecular weight excluding hydrogens is 432 g/mol. The number of methoxy groups -OCH3 is 3. The van der Waals surface area contributed by atoms with Crippen molar-refractivity contribution < 1.29 is 28.5 Å². The smallest absolute Gasteiger partial charge is 0.232 e. The number of rotatable bonds is 6. The topological polar surface area (TPSA) is 150 Å². The van der Waals surface area contributed by atoms with Gasteiger partial charge in [-0.05, 0) is 0 Å². The van der Waals surface area contributed by atoms with Gasteiger partial charge in [0.15, 0.2) is 11.5 Å². The number of nitrogens with zero attached hydrogens (tertiary/aromatic N) is 3. The molecule has 12 heteroatoms. The number of amides is 2. The predicted octanol–water partition coefficient (Wildman–Crippen LogP) is 0.986. The fourth-order valence-corrected chi connectivity index (χ4v) is 3.90. The van der Waals surface area contributed by atoms with E-state index in [1.165, 1.54) is 21.3 Å². The molecule has 1 atom stereocenters. The summed E-state index contributed by atoms with van der Waals surface area (Å²) in [7, 11) is 4.45. The highest BCUT2D eigenvalue weighted by Crippen LogP contribution is 2.41. The van der Waals surface area contributed by atoms with E-state index >= 15 is 0 Å². The SMILES string of the molecule is COc1cc(NC(=O)[C@H]2CC(=O)Nc3nc(N4CCOCC4)nc(N)c32)cc(OC)c1OC. The molecule has 4 rings (SSSR count). The number of hydrogen-bond acceptors (Lipinski definition) is 10. The van der Waals surface area contributed by atoms with Crippen LogP contribution in [0.4, 0.5) is 23.3 Å². The van der Waals surface area contributed by atoms with Gasteiger partial charge in [0.05, 0.1) is 46.0 Å². The highest BCUT2D eigenvalue weighted by atomic mass is 16.5. The fourth-order valence-electron chi connectivity index (χ4n) is 3.90. The summed E-state index contributed by atoms with van der Waals surface area (Å²) in [5.74, 6) is 0.296. The lowest BCUT2D eigenvalue weighted by atomic mass is 9.92. The summed E-state index contributed by atoms with van der Waals surface area (Å²) < 4.78 is 21.3. The van der Waals surface area contributed by atoms with Gasteiger partial charge < -0.3 is 40.2 Å². The van der Waals surface area contributed by atoms with Crippen LogP contribution in [-0.2, 0) is 14.3 Å². The second kappa shape index (κ2) is 9.36. The van der Waals surface area contributed by atoms with Crippen molar-refractivity contribution in [2.45, 2.75) is 12.3 Å². The van der Waals surface area contributed by atoms with Gasteiger partial charge in [-0.3, -0.25) is 9.59 Å². The lowest BCUT2D eigenvalue weighted by molar-refractivity contribution is -0.123. The molecule has 0 saturated carbocycles. The summed E-state index contributed by atoms with van der Waals surface area (Å²) in [6, 6.07) is 3.20. The van der Waals surface area contributed by atoms with E-state index in [2.05, 4.69) is 20.6 Å². The molecule has 1 aromatic heterocycles. The Morgan fingerprint density at radius 2 is 1.82 bits per heavy atom. The number of fused-ring (bicyclic) bond motifs is 1. The van der Waals surface area contributed by atoms with Gasteiger partial charge >= 0.3 is 0 Å². The quantitative estimate of drug-likeness (QED) is 0.572. The zero-order chi connectivity index (χ0) is 23.5. The van der Waals surface area contributed by atoms with Crippen LogP contribution < -0.4 is 35.5 Å². The number of nitrogen functional groups attached to an aromatic ring is 1. The molecule has 0 bridgehead atoms. The third-order valence-electron chi connectivity index (χ3n) is 5.50. The van der Waals surface area contributed by atoms with Crippen LogP contribution in [0.3, 0.4) is 0 Å². The number of morpholine rings is 1. The number of nitrogens with one attached hydrogen (secondary N) is 2. The normalized spacial score (nSPS) is 17.6. The van der Waals surface area contributed by atoms with E-state index in [1.807, 2.05) is 4.90 Å². The number of hydrogen-bond donors (Lipinski definition) is 3. The Morgan fingerprint density at radius 1 is 1.15 bits per heavy atom. The molecule has 12 nitrogen and oxygen atoms in total. The lowest BCUT2D eigenvalue weighted by Crippen LogP contribution is -2.38. The third-order valence-corrected chi connectivity index (χ3v) is 5.50. The number of benzene rings is 1. The Morgan fingerprint density at radius 3 is 2.42 bits per heavy atom. The number of carbonyl (C=O) groups is 2. The first-order chi connectivity index (χ1) is 15.9. The standard InChI is InChI=1S/C21H26N6O6/c1-30-13-8-11(9-14(31-2)17(13)32-3)23-20(29)12-10-15(28)24-19-16(12)18(22)25-21(26-19)27-4-6-33-7-5-27/h8-9,12H,4-7,10H2,1-3H3,(H,23,29)(H3,22,24,25,26,28)/t12-/m0/s1. The van der Waals surface area contributed by atoms with Gasteiger partial charge in [0.1, 0.15) is 11.6 Å². The number of aromatic nitrogens is 2. The summed E-state index contributed by atoms with van der Waals surface area (Å²) in [5.41, 5.74) is 7.04. The second-order valence-corrected chi connectivity index (χ2v) is 7.48. The monoisotopic (exact) mass is 458 g/mol. The molecule has 1 aromatic carbocycles. The average Bonchev–Trinajstić information content (AvgIpc) is 2.82. The Bertz CT molecular complexity index is 1050. The molecule has 2 aliphatic heterocycles. The van der Waals surface area contributed by atoms with E-state index in [-0.39, 0.29) is 24.0 Å². The Kier molecular flexibility index (Phi) is 6.36. The summed E-state index contributed by atoms with van der Waals surface area (Å²) in [6.07, 6.45) is -0.0896. The maximum atomic E-state index is 13.2. The third kappa shape index (κ3) is 4.42. The van der Waals surface area contributed by atoms with Gasteiger partial charge in [-0.25, -0.2) is 0 Å². The van der Waals surface area contributed by atoms with Gasteiger partial charge in [-0.2, -0.15) is 9.97 Å². The minimum Gasteiger partial charge on any atom is -0.493 e. The Labute approximate surface area is 190 Å². The van der Waals surface area contributed by atoms with Gasteiger partial charge in [0.25, 0.3) is 0 Å². The molecule has 0 unspecified atom stereocenters. The van der Waals surface area contributed by atoms with Crippen molar-refractivity contribution in [3.05, 3.63) is 17.7 Å². The molecule has 176 valence electrons. The highest BCUT2D eigenvalue weighted by Gasteiger charge is 2.35. The summed E-state index contributed by atoms with van der Waals surface area (Å²) >= 11 is 0. The van der Waals surface area contributed by atoms with Crippen LogP contribution in [-0.4, -0.2) is 69.4 Å². The van der Waals surface area contributed by atoms with Gasteiger partial charge in [-0.15, -0.1) is 0 Å². The van der Waals surface area contributed by atoms with E-state index in [9.17, 15) is 9.59 Å². The summed E-state index contributed by atoms with van der Waals surface area (Å²) in [4.78, 5) is 36.4. The molecule has 0 spiro atoms. The van der Waals surface area contributed by atoms with Gasteiger partial charge in [0, 0.05) is 37.3 Å². The zero-order valence-electron chi connectivity index (χ0n) is 18.6. The van der Waals surface area contributed by atoms with Crippen LogP contribution in [0.5, 0.6) is 17.2 Å². The van der Waals surface area contributed by atoms with Crippen LogP contribution in [0.1, 0.15) is 17.9 Å². The molecule has 1 fully saturated rings. The first-order valence-corrected chi connectivity index (χ1v) is 10.4. The summed E-state index contributed by atoms with van der Waals surface area (Å²) in [5, 5.41) is 5.52. The van der Waals surface area contributed by atoms with E-state index in [4.69, 9.17) is 24.7 Å². The Hall–Kier alpha value is -3.80. The van der Waals surface area contributed by atoms with Crippen LogP contribution in [0.15, 0.2) is 12.1 Å². The van der Waals surface area contributed by atoms with Crippen molar-refractivity contribution in [1.82, 2.24) is 9.97 Å². The van der Waals surface area contributed by atoms with Crippen molar-refractivity contribution in [2.24, 2.45) is 0 Å². The molecule has 4 N–H and O–H groups in total. The first-order valence-electron chi connectivity index (χ1n) is 10.4. The second-order valence-electron chi connectivity index (χ2n) is 7.48. The molecular formula is C21H26N6O6. The fraction of sp³-hybridized carbons (Fsp3) is 0.429. The number of anilines is 4. The summed E-state index contributed by atoms with van der Waals surface area (Å²) in [6.45, 7) is 2.31. The van der Waals surface area contributed by atoms with Crippen molar-refractivity contribution in [3.8, 4) is 17.2 Å². The molecule has 1 saturated heterocycles. The zero-order valence-corrected chi connectivity index (χ0v) is 18.6. The van der Waals surface area contributed by atoms with E-state index < -0.39 is 11.8 Å². The lowest BCUT2D eigenvalue weighted by Gasteiger charge is -2.30. The van der Waals surface area contributed by atoms with Crippen molar-refractivity contribution in [2.75, 3.05) is 68.9 Å². The van der Waals surface area contributed by atoms with Gasteiger partial charge in [-0.1, -0.05) is 0 Å². The first kappa shape index (κ1) is 22.4. The molecule has 33 heavy (non-hydrogen) atoms. The molecule has 0 aliphatic carbocycles. The molecule has 3 heterocycles. The number of nitrogens with two attached hydrogens (primary N) is 1. The van der Waals surface area contributed by atoms with Crippen molar-refractivity contribution in [1.29, 1.82) is 0 Å². The van der Waals surface area contributed by atoms with Gasteiger partial charge in [0.2, 0.25) is 23.5 Å². The maximum absolute atomic E-state index is 13.2. The average molecular weight is 458 g/mol. The maximum Gasteiger partial charge on any atom is 0.232 e. The minimum atomic E-state index is -0.869. The van der Waals surface area contributed by atoms with Crippen LogP contribution >= 0.6 is 0 Å². The van der Waals surface area contributed by atoms with E-state index in [0.717, 1.165) is 0 Å². The Balaban J connectivity index is 1.64. The molecule has 0 radical (unpaired) electrons. The van der Waals surface area contributed by atoms with E-state index in [1.54, 1.807) is 12.1 Å².